The van der Waals surface area contributed by atoms with Crippen LogP contribution in [0.5, 0.6) is 0 Å². The normalized spacial score (nSPS) is 12.7. The van der Waals surface area contributed by atoms with Crippen molar-refractivity contribution in [2.45, 2.75) is 44.7 Å². The summed E-state index contributed by atoms with van der Waals surface area (Å²) in [5.41, 5.74) is -0.610. The van der Waals surface area contributed by atoms with Crippen LogP contribution in [0, 0.1) is 12.7 Å². The number of anilines is 1. The summed E-state index contributed by atoms with van der Waals surface area (Å²) in [5.74, 6) is -4.00. The molecule has 1 aromatic carbocycles. The van der Waals surface area contributed by atoms with Crippen molar-refractivity contribution in [2.24, 2.45) is 0 Å². The molecule has 1 aliphatic heterocycles. The quantitative estimate of drug-likeness (QED) is 0.350. The van der Waals surface area contributed by atoms with E-state index in [-0.39, 0.29) is 16.8 Å². The highest BCUT2D eigenvalue weighted by Crippen LogP contribution is 2.30. The van der Waals surface area contributed by atoms with E-state index in [1.807, 2.05) is 0 Å². The molecule has 1 aromatic heterocycles. The molecule has 0 atom stereocenters. The number of fused-ring (bicyclic) bond motifs is 1. The van der Waals surface area contributed by atoms with Crippen molar-refractivity contribution in [3.05, 3.63) is 52.6 Å². The van der Waals surface area contributed by atoms with Crippen LogP contribution in [0.25, 0.3) is 0 Å². The molecule has 0 aliphatic carbocycles. The average molecular weight is 492 g/mol. The standard InChI is InChI=1S/C24H27F3N4O4/c1-14-18(20(32)22(34)30-24(9-11-25,10-12-26)23(35)28-2)17-4-3-13-31(17)19(14)21(33)29-16-7-5-15(27)6-8-16/h5-8H,3-4,9-13H2,1-2H3,(H,28,35)(H,29,33)(H,30,34). The topological polar surface area (TPSA) is 109 Å². The molecule has 8 nitrogen and oxygen atoms in total. The molecule has 2 aromatic rings. The number of rotatable bonds is 10. The van der Waals surface area contributed by atoms with E-state index >= 15 is 0 Å². The number of halogens is 3. The van der Waals surface area contributed by atoms with Crippen LogP contribution in [0.4, 0.5) is 18.9 Å². The Kier molecular flexibility index (Phi) is 7.98. The molecule has 3 amide bonds. The predicted octanol–water partition coefficient (Wildman–Crippen LogP) is 2.64. The zero-order valence-corrected chi connectivity index (χ0v) is 19.5. The highest BCUT2D eigenvalue weighted by atomic mass is 19.1. The van der Waals surface area contributed by atoms with Crippen molar-refractivity contribution in [3.63, 3.8) is 0 Å². The Morgan fingerprint density at radius 1 is 1.06 bits per heavy atom. The summed E-state index contributed by atoms with van der Waals surface area (Å²) in [4.78, 5) is 51.6. The zero-order chi connectivity index (χ0) is 25.8. The number of nitrogens with one attached hydrogen (secondary N) is 3. The highest BCUT2D eigenvalue weighted by Gasteiger charge is 2.42. The van der Waals surface area contributed by atoms with Gasteiger partial charge in [0.2, 0.25) is 5.91 Å². The Morgan fingerprint density at radius 2 is 1.69 bits per heavy atom. The maximum absolute atomic E-state index is 13.2. The molecule has 3 N–H and O–H groups in total. The van der Waals surface area contributed by atoms with Crippen LogP contribution in [-0.2, 0) is 22.6 Å². The fourth-order valence-corrected chi connectivity index (χ4v) is 4.52. The van der Waals surface area contributed by atoms with Gasteiger partial charge in [0.1, 0.15) is 17.1 Å². The molecule has 0 bridgehead atoms. The second kappa shape index (κ2) is 10.7. The van der Waals surface area contributed by atoms with Crippen LogP contribution in [-0.4, -0.2) is 54.0 Å². The molecule has 0 radical (unpaired) electrons. The SMILES string of the molecule is CNC(=O)C(CCF)(CCF)NC(=O)C(=O)c1c(C)c(C(=O)Nc2ccc(F)cc2)n2c1CCC2. The first-order chi connectivity index (χ1) is 16.7. The van der Waals surface area contributed by atoms with Crippen LogP contribution >= 0.6 is 0 Å². The number of carbonyl (C=O) groups is 4. The van der Waals surface area contributed by atoms with Gasteiger partial charge >= 0.3 is 0 Å². The zero-order valence-electron chi connectivity index (χ0n) is 19.5. The minimum absolute atomic E-state index is 0.0237. The van der Waals surface area contributed by atoms with E-state index < -0.39 is 61.1 Å². The number of nitrogens with zero attached hydrogens (tertiary/aromatic N) is 1. The van der Waals surface area contributed by atoms with Crippen molar-refractivity contribution in [1.82, 2.24) is 15.2 Å². The molecule has 0 fully saturated rings. The van der Waals surface area contributed by atoms with E-state index in [9.17, 15) is 32.3 Å². The second-order valence-corrected chi connectivity index (χ2v) is 8.33. The van der Waals surface area contributed by atoms with Gasteiger partial charge in [-0.1, -0.05) is 0 Å². The second-order valence-electron chi connectivity index (χ2n) is 8.33. The largest absolute Gasteiger partial charge is 0.357 e. The van der Waals surface area contributed by atoms with Gasteiger partial charge in [0.25, 0.3) is 17.6 Å². The number of carbonyl (C=O) groups excluding carboxylic acids is 4. The fraction of sp³-hybridized carbons (Fsp3) is 0.417. The molecule has 0 saturated heterocycles. The molecule has 35 heavy (non-hydrogen) atoms. The summed E-state index contributed by atoms with van der Waals surface area (Å²) in [6.45, 7) is -0.0594. The number of aromatic nitrogens is 1. The first kappa shape index (κ1) is 26.0. The third kappa shape index (κ3) is 5.08. The van der Waals surface area contributed by atoms with Gasteiger partial charge in [-0.25, -0.2) is 4.39 Å². The van der Waals surface area contributed by atoms with E-state index in [1.165, 1.54) is 38.2 Å². The van der Waals surface area contributed by atoms with Crippen LogP contribution in [0.2, 0.25) is 0 Å². The lowest BCUT2D eigenvalue weighted by Gasteiger charge is -2.31. The maximum atomic E-state index is 13.2. The number of Topliss-reactive ketones (excluding diaryl/α,β-unsaturated/α-hetero) is 1. The summed E-state index contributed by atoms with van der Waals surface area (Å²) in [6.07, 6.45) is 0.0658. The maximum Gasteiger partial charge on any atom is 0.293 e. The van der Waals surface area contributed by atoms with E-state index in [0.717, 1.165) is 0 Å². The summed E-state index contributed by atoms with van der Waals surface area (Å²) in [6, 6.07) is 5.17. The first-order valence-electron chi connectivity index (χ1n) is 11.2. The summed E-state index contributed by atoms with van der Waals surface area (Å²) in [5, 5.41) is 7.19. The van der Waals surface area contributed by atoms with Crippen molar-refractivity contribution < 1.29 is 32.3 Å². The van der Waals surface area contributed by atoms with E-state index in [4.69, 9.17) is 0 Å². The molecule has 2 heterocycles. The molecule has 0 unspecified atom stereocenters. The van der Waals surface area contributed by atoms with Crippen molar-refractivity contribution in [3.8, 4) is 0 Å². The van der Waals surface area contributed by atoms with Crippen LogP contribution in [0.1, 0.15) is 51.4 Å². The number of hydrogen-bond donors (Lipinski definition) is 3. The molecule has 11 heteroatoms. The molecular weight excluding hydrogens is 465 g/mol. The van der Waals surface area contributed by atoms with Gasteiger partial charge in [0, 0.05) is 37.8 Å². The number of ketones is 1. The summed E-state index contributed by atoms with van der Waals surface area (Å²) < 4.78 is 41.3. The van der Waals surface area contributed by atoms with Crippen molar-refractivity contribution >= 4 is 29.2 Å². The Morgan fingerprint density at radius 3 is 2.26 bits per heavy atom. The van der Waals surface area contributed by atoms with Crippen LogP contribution in [0.3, 0.4) is 0 Å². The van der Waals surface area contributed by atoms with Gasteiger partial charge < -0.3 is 20.5 Å². The smallest absolute Gasteiger partial charge is 0.293 e. The third-order valence-corrected chi connectivity index (χ3v) is 6.22. The lowest BCUT2D eigenvalue weighted by atomic mass is 9.90. The molecule has 1 aliphatic rings. The molecule has 0 saturated carbocycles. The summed E-state index contributed by atoms with van der Waals surface area (Å²) >= 11 is 0. The molecule has 188 valence electrons. The van der Waals surface area contributed by atoms with Gasteiger partial charge in [-0.05, 0) is 49.6 Å². The van der Waals surface area contributed by atoms with Crippen molar-refractivity contribution in [1.29, 1.82) is 0 Å². The van der Waals surface area contributed by atoms with E-state index in [0.29, 0.717) is 30.8 Å². The van der Waals surface area contributed by atoms with Gasteiger partial charge in [0.05, 0.1) is 18.9 Å². The lowest BCUT2D eigenvalue weighted by molar-refractivity contribution is -0.132. The summed E-state index contributed by atoms with van der Waals surface area (Å²) in [7, 11) is 1.26. The minimum atomic E-state index is -1.93. The third-order valence-electron chi connectivity index (χ3n) is 6.22. The Hall–Kier alpha value is -3.63. The molecular formula is C24H27F3N4O4. The van der Waals surface area contributed by atoms with Crippen LogP contribution < -0.4 is 16.0 Å². The molecule has 3 rings (SSSR count). The predicted molar refractivity (Wildman–Crippen MR) is 122 cm³/mol. The number of amides is 3. The van der Waals surface area contributed by atoms with Gasteiger partial charge in [-0.15, -0.1) is 0 Å². The van der Waals surface area contributed by atoms with E-state index in [1.54, 1.807) is 4.57 Å². The highest BCUT2D eigenvalue weighted by molar-refractivity contribution is 6.44. The average Bonchev–Trinajstić information content (AvgIpc) is 3.39. The molecule has 0 spiro atoms. The fourth-order valence-electron chi connectivity index (χ4n) is 4.52. The number of hydrogen-bond acceptors (Lipinski definition) is 4. The lowest BCUT2D eigenvalue weighted by Crippen LogP contribution is -2.60. The Labute approximate surface area is 200 Å². The van der Waals surface area contributed by atoms with Crippen LogP contribution in [0.15, 0.2) is 24.3 Å². The Bertz CT molecular complexity index is 1140. The minimum Gasteiger partial charge on any atom is -0.357 e. The van der Waals surface area contributed by atoms with Gasteiger partial charge in [-0.2, -0.15) is 0 Å². The number of benzene rings is 1. The number of alkyl halides is 2. The van der Waals surface area contributed by atoms with E-state index in [2.05, 4.69) is 16.0 Å². The van der Waals surface area contributed by atoms with Gasteiger partial charge in [0.15, 0.2) is 0 Å². The van der Waals surface area contributed by atoms with Gasteiger partial charge in [-0.3, -0.25) is 28.0 Å². The number of likely N-dealkylation sites (N-methyl/N-ethyl adjacent to an activating group) is 1. The Balaban J connectivity index is 1.94. The monoisotopic (exact) mass is 492 g/mol. The first-order valence-corrected chi connectivity index (χ1v) is 11.2. The van der Waals surface area contributed by atoms with Crippen molar-refractivity contribution in [2.75, 3.05) is 25.7 Å².